The summed E-state index contributed by atoms with van der Waals surface area (Å²) in [4.78, 5) is 10.9. The van der Waals surface area contributed by atoms with Gasteiger partial charge in [-0.2, -0.15) is 0 Å². The first-order valence-electron chi connectivity index (χ1n) is 3.08. The van der Waals surface area contributed by atoms with E-state index >= 15 is 0 Å². The Hall–Kier alpha value is -0.830. The third-order valence-electron chi connectivity index (χ3n) is 1.27. The predicted molar refractivity (Wildman–Crippen MR) is 52.2 cm³/mol. The van der Waals surface area contributed by atoms with Gasteiger partial charge < -0.3 is 4.74 Å². The minimum Gasteiger partial charge on any atom is -0.465 e. The van der Waals surface area contributed by atoms with Crippen LogP contribution in [0.4, 0.5) is 0 Å². The third-order valence-corrected chi connectivity index (χ3v) is 1.79. The van der Waals surface area contributed by atoms with Crippen LogP contribution >= 0.6 is 15.9 Å². The van der Waals surface area contributed by atoms with Gasteiger partial charge in [0.2, 0.25) is 0 Å². The average molecular weight is 231 g/mol. The van der Waals surface area contributed by atoms with E-state index in [2.05, 4.69) is 20.7 Å². The van der Waals surface area contributed by atoms with Crippen molar-refractivity contribution in [3.8, 4) is 0 Å². The monoisotopic (exact) mass is 230 g/mol. The van der Waals surface area contributed by atoms with Crippen LogP contribution in [-0.4, -0.2) is 13.1 Å². The van der Waals surface area contributed by atoms with Crippen LogP contribution in [0.1, 0.15) is 17.8 Å². The standard InChI is InChI=1S/C8H7BrO2.CH4/c1-11-8(10)6-2-4-7(9)5-3-6;/h2-5H,1H3;1H4. The molecule has 0 radical (unpaired) electrons. The largest absolute Gasteiger partial charge is 0.465 e. The lowest BCUT2D eigenvalue weighted by Crippen LogP contribution is -1.99. The molecule has 0 fully saturated rings. The molecule has 0 aliphatic heterocycles. The van der Waals surface area contributed by atoms with E-state index < -0.39 is 0 Å². The van der Waals surface area contributed by atoms with Gasteiger partial charge in [0.05, 0.1) is 12.7 Å². The number of esters is 1. The van der Waals surface area contributed by atoms with E-state index in [1.807, 2.05) is 0 Å². The first-order chi connectivity index (χ1) is 5.24. The van der Waals surface area contributed by atoms with Gasteiger partial charge in [0, 0.05) is 4.47 Å². The second kappa shape index (κ2) is 4.93. The molecule has 1 aromatic rings. The first-order valence-corrected chi connectivity index (χ1v) is 3.87. The Morgan fingerprint density at radius 3 is 2.25 bits per heavy atom. The van der Waals surface area contributed by atoms with Gasteiger partial charge in [-0.15, -0.1) is 0 Å². The molecule has 0 aliphatic carbocycles. The average Bonchev–Trinajstić information content (AvgIpc) is 2.05. The summed E-state index contributed by atoms with van der Waals surface area (Å²) >= 11 is 3.26. The van der Waals surface area contributed by atoms with Crippen LogP contribution in [0.5, 0.6) is 0 Å². The van der Waals surface area contributed by atoms with Crippen molar-refractivity contribution in [2.45, 2.75) is 7.43 Å². The van der Waals surface area contributed by atoms with Crippen molar-refractivity contribution in [2.24, 2.45) is 0 Å². The maximum absolute atomic E-state index is 10.9. The molecule has 12 heavy (non-hydrogen) atoms. The van der Waals surface area contributed by atoms with E-state index in [4.69, 9.17) is 0 Å². The second-order valence-electron chi connectivity index (χ2n) is 2.00. The van der Waals surface area contributed by atoms with Crippen molar-refractivity contribution in [1.29, 1.82) is 0 Å². The van der Waals surface area contributed by atoms with E-state index in [0.29, 0.717) is 5.56 Å². The summed E-state index contributed by atoms with van der Waals surface area (Å²) in [7, 11) is 1.37. The fraction of sp³-hybridized carbons (Fsp3) is 0.222. The van der Waals surface area contributed by atoms with Crippen LogP contribution in [0.3, 0.4) is 0 Å². The van der Waals surface area contributed by atoms with Crippen molar-refractivity contribution in [1.82, 2.24) is 0 Å². The molecule has 1 rings (SSSR count). The number of carbonyl (C=O) groups is 1. The number of halogens is 1. The third kappa shape index (κ3) is 2.66. The second-order valence-corrected chi connectivity index (χ2v) is 2.91. The van der Waals surface area contributed by atoms with Crippen molar-refractivity contribution < 1.29 is 9.53 Å². The molecule has 2 nitrogen and oxygen atoms in total. The van der Waals surface area contributed by atoms with Crippen molar-refractivity contribution >= 4 is 21.9 Å². The van der Waals surface area contributed by atoms with Crippen LogP contribution in [0.2, 0.25) is 0 Å². The fourth-order valence-electron chi connectivity index (χ4n) is 0.704. The van der Waals surface area contributed by atoms with Gasteiger partial charge in [-0.05, 0) is 24.3 Å². The molecule has 0 spiro atoms. The highest BCUT2D eigenvalue weighted by Gasteiger charge is 2.02. The molecule has 0 saturated carbocycles. The Kier molecular flexibility index (Phi) is 4.59. The Morgan fingerprint density at radius 2 is 1.83 bits per heavy atom. The summed E-state index contributed by atoms with van der Waals surface area (Å²) in [6, 6.07) is 7.00. The molecule has 0 bridgehead atoms. The summed E-state index contributed by atoms with van der Waals surface area (Å²) < 4.78 is 5.47. The van der Waals surface area contributed by atoms with E-state index in [0.717, 1.165) is 4.47 Å². The van der Waals surface area contributed by atoms with Gasteiger partial charge in [-0.3, -0.25) is 0 Å². The zero-order valence-electron chi connectivity index (χ0n) is 6.00. The van der Waals surface area contributed by atoms with E-state index in [-0.39, 0.29) is 13.4 Å². The van der Waals surface area contributed by atoms with E-state index in [1.165, 1.54) is 7.11 Å². The van der Waals surface area contributed by atoms with Crippen LogP contribution in [0, 0.1) is 0 Å². The number of ether oxygens (including phenoxy) is 1. The number of hydrogen-bond donors (Lipinski definition) is 0. The molecule has 3 heteroatoms. The zero-order valence-corrected chi connectivity index (χ0v) is 7.59. The number of hydrogen-bond acceptors (Lipinski definition) is 2. The molecule has 0 atom stereocenters. The van der Waals surface area contributed by atoms with Crippen LogP contribution in [-0.2, 0) is 4.74 Å². The maximum atomic E-state index is 10.9. The Balaban J connectivity index is 0.00000121. The molecular weight excluding hydrogens is 220 g/mol. The van der Waals surface area contributed by atoms with Crippen molar-refractivity contribution in [3.05, 3.63) is 34.3 Å². The lowest BCUT2D eigenvalue weighted by atomic mass is 10.2. The minimum atomic E-state index is -0.308. The lowest BCUT2D eigenvalue weighted by molar-refractivity contribution is 0.0600. The predicted octanol–water partition coefficient (Wildman–Crippen LogP) is 2.87. The summed E-state index contributed by atoms with van der Waals surface area (Å²) in [5.74, 6) is -0.308. The number of benzene rings is 1. The fourth-order valence-corrected chi connectivity index (χ4v) is 0.968. The summed E-state index contributed by atoms with van der Waals surface area (Å²) in [5.41, 5.74) is 0.565. The van der Waals surface area contributed by atoms with Crippen molar-refractivity contribution in [3.63, 3.8) is 0 Å². The van der Waals surface area contributed by atoms with Crippen LogP contribution in [0.25, 0.3) is 0 Å². The maximum Gasteiger partial charge on any atom is 0.337 e. The van der Waals surface area contributed by atoms with Gasteiger partial charge in [0.25, 0.3) is 0 Å². The highest BCUT2D eigenvalue weighted by atomic mass is 79.9. The zero-order chi connectivity index (χ0) is 8.27. The molecule has 0 heterocycles. The summed E-state index contributed by atoms with van der Waals surface area (Å²) in [6.07, 6.45) is 0. The Bertz CT molecular complexity index is 254. The summed E-state index contributed by atoms with van der Waals surface area (Å²) in [6.45, 7) is 0. The number of rotatable bonds is 1. The topological polar surface area (TPSA) is 26.3 Å². The molecule has 66 valence electrons. The first kappa shape index (κ1) is 11.2. The molecule has 0 aliphatic rings. The Labute approximate surface area is 80.7 Å². The van der Waals surface area contributed by atoms with Gasteiger partial charge in [0.15, 0.2) is 0 Å². The quantitative estimate of drug-likeness (QED) is 0.694. The van der Waals surface area contributed by atoms with Crippen LogP contribution in [0.15, 0.2) is 28.7 Å². The van der Waals surface area contributed by atoms with Gasteiger partial charge in [-0.1, -0.05) is 23.4 Å². The number of methoxy groups -OCH3 is 1. The molecular formula is C9H11BrO2. The van der Waals surface area contributed by atoms with E-state index in [9.17, 15) is 4.79 Å². The Morgan fingerprint density at radius 1 is 1.33 bits per heavy atom. The summed E-state index contributed by atoms with van der Waals surface area (Å²) in [5, 5.41) is 0. The van der Waals surface area contributed by atoms with Gasteiger partial charge in [-0.25, -0.2) is 4.79 Å². The molecule has 0 saturated heterocycles. The molecule has 1 aromatic carbocycles. The minimum absolute atomic E-state index is 0. The normalized spacial score (nSPS) is 8.50. The lowest BCUT2D eigenvalue weighted by Gasteiger charge is -1.97. The van der Waals surface area contributed by atoms with Crippen molar-refractivity contribution in [2.75, 3.05) is 7.11 Å². The molecule has 0 aromatic heterocycles. The number of carbonyl (C=O) groups excluding carboxylic acids is 1. The SMILES string of the molecule is C.COC(=O)c1ccc(Br)cc1. The molecule has 0 amide bonds. The highest BCUT2D eigenvalue weighted by molar-refractivity contribution is 9.10. The molecule has 0 N–H and O–H groups in total. The van der Waals surface area contributed by atoms with Gasteiger partial charge in [0.1, 0.15) is 0 Å². The molecule has 0 unspecified atom stereocenters. The van der Waals surface area contributed by atoms with Gasteiger partial charge >= 0.3 is 5.97 Å². The highest BCUT2D eigenvalue weighted by Crippen LogP contribution is 2.10. The smallest absolute Gasteiger partial charge is 0.337 e. The van der Waals surface area contributed by atoms with E-state index in [1.54, 1.807) is 24.3 Å². The van der Waals surface area contributed by atoms with Crippen LogP contribution < -0.4 is 0 Å².